The molecule has 3 fully saturated rings. The Morgan fingerprint density at radius 2 is 2.00 bits per heavy atom. The zero-order valence-corrected chi connectivity index (χ0v) is 19.7. The second kappa shape index (κ2) is 8.39. The molecule has 3 aliphatic heterocycles. The highest BCUT2D eigenvalue weighted by Crippen LogP contribution is 2.49. The number of aromatic nitrogens is 1. The van der Waals surface area contributed by atoms with Crippen LogP contribution in [0.1, 0.15) is 38.5 Å². The Labute approximate surface area is 199 Å². The Morgan fingerprint density at radius 1 is 1.18 bits per heavy atom. The van der Waals surface area contributed by atoms with Crippen molar-refractivity contribution in [2.75, 3.05) is 45.1 Å². The van der Waals surface area contributed by atoms with Gasteiger partial charge in [-0.2, -0.15) is 5.01 Å². The summed E-state index contributed by atoms with van der Waals surface area (Å²) in [6, 6.07) is 5.33. The second-order valence-electron chi connectivity index (χ2n) is 10.3. The van der Waals surface area contributed by atoms with Gasteiger partial charge in [0.15, 0.2) is 12.0 Å². The van der Waals surface area contributed by atoms with E-state index in [0.717, 1.165) is 44.7 Å². The number of amides is 2. The molecule has 4 heterocycles. The predicted molar refractivity (Wildman–Crippen MR) is 127 cm³/mol. The number of rotatable bonds is 5. The zero-order valence-electron chi connectivity index (χ0n) is 19.7. The minimum atomic E-state index is -0.239. The lowest BCUT2D eigenvalue weighted by Gasteiger charge is -2.48. The van der Waals surface area contributed by atoms with Gasteiger partial charge in [-0.3, -0.25) is 19.5 Å². The summed E-state index contributed by atoms with van der Waals surface area (Å²) in [4.78, 5) is 35.2. The van der Waals surface area contributed by atoms with Crippen LogP contribution in [0.15, 0.2) is 40.8 Å². The van der Waals surface area contributed by atoms with Gasteiger partial charge in [0.25, 0.3) is 5.91 Å². The maximum absolute atomic E-state index is 13.2. The molecular weight excluding hydrogens is 432 g/mol. The zero-order chi connectivity index (χ0) is 23.3. The molecule has 2 amide bonds. The van der Waals surface area contributed by atoms with Crippen LogP contribution in [0.25, 0.3) is 11.1 Å². The molecule has 6 rings (SSSR count). The maximum Gasteiger partial charge on any atom is 0.263 e. The number of nitrogens with zero attached hydrogens (tertiary/aromatic N) is 5. The van der Waals surface area contributed by atoms with Crippen LogP contribution in [0.4, 0.5) is 5.69 Å². The fourth-order valence-corrected chi connectivity index (χ4v) is 6.13. The lowest BCUT2D eigenvalue weighted by molar-refractivity contribution is -0.159. The van der Waals surface area contributed by atoms with Crippen molar-refractivity contribution in [3.05, 3.63) is 36.4 Å². The molecule has 2 saturated heterocycles. The van der Waals surface area contributed by atoms with Gasteiger partial charge >= 0.3 is 0 Å². The minimum absolute atomic E-state index is 0.0185. The first-order chi connectivity index (χ1) is 16.5. The summed E-state index contributed by atoms with van der Waals surface area (Å²) in [6.07, 6.45) is 10.6. The quantitative estimate of drug-likeness (QED) is 0.728. The molecule has 1 atom stereocenters. The van der Waals surface area contributed by atoms with Crippen LogP contribution in [0.2, 0.25) is 0 Å². The SMILES string of the molecule is CN1C(N2CCC3(CCC3)C2)C(N2CCCC2)=CC(=O)N1CC(=O)Nc1ccc2ocnc2c1. The third-order valence-electron chi connectivity index (χ3n) is 8.13. The lowest BCUT2D eigenvalue weighted by atomic mass is 9.68. The van der Waals surface area contributed by atoms with Gasteiger partial charge in [-0.25, -0.2) is 4.98 Å². The van der Waals surface area contributed by atoms with E-state index in [-0.39, 0.29) is 24.5 Å². The lowest BCUT2D eigenvalue weighted by Crippen LogP contribution is -2.62. The molecule has 4 aliphatic rings. The van der Waals surface area contributed by atoms with Crippen LogP contribution in [0.3, 0.4) is 0 Å². The van der Waals surface area contributed by atoms with E-state index in [1.807, 2.05) is 12.1 Å². The molecule has 9 heteroatoms. The molecule has 34 heavy (non-hydrogen) atoms. The number of anilines is 1. The van der Waals surface area contributed by atoms with E-state index in [0.29, 0.717) is 22.2 Å². The van der Waals surface area contributed by atoms with E-state index in [4.69, 9.17) is 4.42 Å². The van der Waals surface area contributed by atoms with Crippen LogP contribution < -0.4 is 5.32 Å². The first-order valence-electron chi connectivity index (χ1n) is 12.4. The number of carbonyl (C=O) groups excluding carboxylic acids is 2. The summed E-state index contributed by atoms with van der Waals surface area (Å²) in [5, 5.41) is 6.49. The number of likely N-dealkylation sites (tertiary alicyclic amines) is 2. The molecule has 1 aromatic carbocycles. The molecule has 0 radical (unpaired) electrons. The number of hydrogen-bond donors (Lipinski definition) is 1. The minimum Gasteiger partial charge on any atom is -0.443 e. The molecule has 1 aliphatic carbocycles. The molecule has 1 aromatic heterocycles. The number of benzene rings is 1. The molecule has 2 aromatic rings. The number of oxazole rings is 1. The van der Waals surface area contributed by atoms with E-state index in [1.165, 1.54) is 32.1 Å². The Hall–Kier alpha value is -2.91. The molecule has 9 nitrogen and oxygen atoms in total. The standard InChI is InChI=1S/C25H32N6O3/c1-28-24(30-12-9-25(16-30)7-4-8-25)20(29-10-2-3-11-29)14-23(33)31(28)15-22(32)27-18-5-6-21-19(13-18)26-17-34-21/h5-6,13-14,17,24H,2-4,7-12,15-16H2,1H3,(H,27,32). The summed E-state index contributed by atoms with van der Waals surface area (Å²) >= 11 is 0. The first-order valence-corrected chi connectivity index (χ1v) is 12.4. The van der Waals surface area contributed by atoms with Gasteiger partial charge in [-0.15, -0.1) is 0 Å². The van der Waals surface area contributed by atoms with E-state index >= 15 is 0 Å². The van der Waals surface area contributed by atoms with Crippen molar-refractivity contribution in [1.29, 1.82) is 0 Å². The monoisotopic (exact) mass is 464 g/mol. The van der Waals surface area contributed by atoms with Crippen LogP contribution in [-0.2, 0) is 9.59 Å². The highest BCUT2D eigenvalue weighted by Gasteiger charge is 2.48. The van der Waals surface area contributed by atoms with Crippen LogP contribution in [0, 0.1) is 5.41 Å². The van der Waals surface area contributed by atoms with Crippen LogP contribution >= 0.6 is 0 Å². The fourth-order valence-electron chi connectivity index (χ4n) is 6.13. The first kappa shape index (κ1) is 21.6. The summed E-state index contributed by atoms with van der Waals surface area (Å²) in [7, 11) is 1.95. The Morgan fingerprint density at radius 3 is 2.74 bits per heavy atom. The van der Waals surface area contributed by atoms with Gasteiger partial charge in [0, 0.05) is 45.0 Å². The molecule has 180 valence electrons. The molecule has 1 N–H and O–H groups in total. The molecule has 1 spiro atoms. The third-order valence-corrected chi connectivity index (χ3v) is 8.13. The number of nitrogens with one attached hydrogen (secondary N) is 1. The smallest absolute Gasteiger partial charge is 0.263 e. The number of hydrogen-bond acceptors (Lipinski definition) is 7. The number of fused-ring (bicyclic) bond motifs is 1. The topological polar surface area (TPSA) is 85.2 Å². The number of likely N-dealkylation sites (N-methyl/N-ethyl adjacent to an activating group) is 1. The van der Waals surface area contributed by atoms with Gasteiger partial charge in [0.2, 0.25) is 5.91 Å². The van der Waals surface area contributed by atoms with Gasteiger partial charge < -0.3 is 14.6 Å². The normalized spacial score (nSPS) is 25.3. The van der Waals surface area contributed by atoms with E-state index in [1.54, 1.807) is 29.3 Å². The van der Waals surface area contributed by atoms with Gasteiger partial charge in [-0.05, 0) is 55.7 Å². The third kappa shape index (κ3) is 3.76. The Balaban J connectivity index is 1.21. The molecule has 1 unspecified atom stereocenters. The van der Waals surface area contributed by atoms with Crippen LogP contribution in [0.5, 0.6) is 0 Å². The summed E-state index contributed by atoms with van der Waals surface area (Å²) in [5.41, 5.74) is 3.53. The Bertz CT molecular complexity index is 1130. The van der Waals surface area contributed by atoms with Crippen molar-refractivity contribution in [2.24, 2.45) is 5.41 Å². The summed E-state index contributed by atoms with van der Waals surface area (Å²) in [5.74, 6) is -0.378. The van der Waals surface area contributed by atoms with Crippen molar-refractivity contribution < 1.29 is 14.0 Å². The van der Waals surface area contributed by atoms with Crippen molar-refractivity contribution in [3.63, 3.8) is 0 Å². The van der Waals surface area contributed by atoms with Crippen molar-refractivity contribution >= 4 is 28.6 Å². The summed E-state index contributed by atoms with van der Waals surface area (Å²) < 4.78 is 5.27. The van der Waals surface area contributed by atoms with Gasteiger partial charge in [0.1, 0.15) is 18.2 Å². The Kier molecular flexibility index (Phi) is 5.33. The van der Waals surface area contributed by atoms with E-state index in [9.17, 15) is 9.59 Å². The molecule has 1 saturated carbocycles. The largest absolute Gasteiger partial charge is 0.443 e. The van der Waals surface area contributed by atoms with Gasteiger partial charge in [0.05, 0.1) is 5.70 Å². The number of carbonyl (C=O) groups is 2. The summed E-state index contributed by atoms with van der Waals surface area (Å²) in [6.45, 7) is 4.05. The molecule has 0 bridgehead atoms. The van der Waals surface area contributed by atoms with Crippen molar-refractivity contribution in [2.45, 2.75) is 44.7 Å². The van der Waals surface area contributed by atoms with Crippen molar-refractivity contribution in [3.8, 4) is 0 Å². The average molecular weight is 465 g/mol. The highest BCUT2D eigenvalue weighted by molar-refractivity contribution is 5.98. The molecular formula is C25H32N6O3. The highest BCUT2D eigenvalue weighted by atomic mass is 16.3. The van der Waals surface area contributed by atoms with Gasteiger partial charge in [-0.1, -0.05) is 6.42 Å². The second-order valence-corrected chi connectivity index (χ2v) is 10.3. The number of hydrazine groups is 1. The van der Waals surface area contributed by atoms with E-state index in [2.05, 4.69) is 20.1 Å². The maximum atomic E-state index is 13.2. The fraction of sp³-hybridized carbons (Fsp3) is 0.560. The van der Waals surface area contributed by atoms with Crippen molar-refractivity contribution in [1.82, 2.24) is 24.8 Å². The predicted octanol–water partition coefficient (Wildman–Crippen LogP) is 2.64. The van der Waals surface area contributed by atoms with E-state index < -0.39 is 0 Å². The van der Waals surface area contributed by atoms with Crippen LogP contribution in [-0.4, -0.2) is 82.6 Å². The average Bonchev–Trinajstić information content (AvgIpc) is 3.56.